The van der Waals surface area contributed by atoms with Crippen LogP contribution in [0.5, 0.6) is 23.1 Å². The van der Waals surface area contributed by atoms with E-state index in [9.17, 15) is 5.26 Å². The first-order valence-corrected chi connectivity index (χ1v) is 8.73. The number of methoxy groups -OCH3 is 3. The smallest absolute Gasteiger partial charge is 0.244 e. The van der Waals surface area contributed by atoms with Crippen molar-refractivity contribution < 1.29 is 18.9 Å². The fraction of sp³-hybridized carbons (Fsp3) is 0.400. The molecule has 1 aliphatic rings. The number of ether oxygens (including phenoxy) is 4. The van der Waals surface area contributed by atoms with Crippen LogP contribution in [-0.2, 0) is 5.41 Å². The second-order valence-electron chi connectivity index (χ2n) is 7.42. The molecule has 28 heavy (non-hydrogen) atoms. The Hall–Kier alpha value is -3.34. The van der Waals surface area contributed by atoms with Crippen LogP contribution in [0, 0.1) is 11.3 Å². The van der Waals surface area contributed by atoms with Crippen LogP contribution in [0.3, 0.4) is 0 Å². The molecular formula is C20H24N4O4. The Kier molecular flexibility index (Phi) is 4.86. The van der Waals surface area contributed by atoms with Gasteiger partial charge in [0.1, 0.15) is 11.6 Å². The van der Waals surface area contributed by atoms with E-state index in [1.54, 1.807) is 20.3 Å². The number of H-pyrrole nitrogens is 1. The van der Waals surface area contributed by atoms with Gasteiger partial charge in [-0.2, -0.15) is 5.26 Å². The minimum absolute atomic E-state index is 0.0174. The SMILES string of the molecule is COc1ccc([C@H]2C(C#N)=C(N)Oc3n[nH]c(C(C)(C)C)c32)c(OC)c1OC. The number of hydrogen-bond donors (Lipinski definition) is 2. The molecule has 0 amide bonds. The van der Waals surface area contributed by atoms with Crippen molar-refractivity contribution in [2.24, 2.45) is 5.73 Å². The average molecular weight is 384 g/mol. The molecule has 1 aromatic heterocycles. The first kappa shape index (κ1) is 19.4. The predicted molar refractivity (Wildman–Crippen MR) is 103 cm³/mol. The molecule has 2 aromatic rings. The van der Waals surface area contributed by atoms with Gasteiger partial charge in [0.05, 0.1) is 32.8 Å². The maximum atomic E-state index is 9.85. The molecule has 3 rings (SSSR count). The Morgan fingerprint density at radius 2 is 1.82 bits per heavy atom. The highest BCUT2D eigenvalue weighted by Gasteiger charge is 2.40. The monoisotopic (exact) mass is 384 g/mol. The Labute approximate surface area is 163 Å². The molecule has 0 unspecified atom stereocenters. The van der Waals surface area contributed by atoms with Crippen molar-refractivity contribution in [1.29, 1.82) is 5.26 Å². The summed E-state index contributed by atoms with van der Waals surface area (Å²) in [4.78, 5) is 0. The number of aromatic nitrogens is 2. The minimum atomic E-state index is -0.531. The molecule has 1 aliphatic heterocycles. The van der Waals surface area contributed by atoms with E-state index < -0.39 is 5.92 Å². The molecule has 0 fully saturated rings. The highest BCUT2D eigenvalue weighted by molar-refractivity contribution is 5.64. The third kappa shape index (κ3) is 2.89. The van der Waals surface area contributed by atoms with Crippen molar-refractivity contribution >= 4 is 0 Å². The maximum absolute atomic E-state index is 9.85. The van der Waals surface area contributed by atoms with E-state index in [1.165, 1.54) is 7.11 Å². The van der Waals surface area contributed by atoms with Crippen molar-refractivity contribution in [2.75, 3.05) is 21.3 Å². The Morgan fingerprint density at radius 1 is 1.14 bits per heavy atom. The molecular weight excluding hydrogens is 360 g/mol. The molecule has 148 valence electrons. The lowest BCUT2D eigenvalue weighted by molar-refractivity contribution is 0.321. The van der Waals surface area contributed by atoms with Crippen LogP contribution in [0.1, 0.15) is 43.5 Å². The molecule has 0 aliphatic carbocycles. The second-order valence-corrected chi connectivity index (χ2v) is 7.42. The third-order valence-corrected chi connectivity index (χ3v) is 4.73. The lowest BCUT2D eigenvalue weighted by Crippen LogP contribution is -2.24. The van der Waals surface area contributed by atoms with Crippen LogP contribution in [-0.4, -0.2) is 31.5 Å². The molecule has 0 bridgehead atoms. The maximum Gasteiger partial charge on any atom is 0.244 e. The largest absolute Gasteiger partial charge is 0.493 e. The Bertz CT molecular complexity index is 979. The summed E-state index contributed by atoms with van der Waals surface area (Å²) in [5.74, 6) is 1.26. The summed E-state index contributed by atoms with van der Waals surface area (Å²) in [6.07, 6.45) is 0. The molecule has 1 aromatic carbocycles. The number of benzene rings is 1. The first-order chi connectivity index (χ1) is 13.3. The molecule has 8 heteroatoms. The van der Waals surface area contributed by atoms with Gasteiger partial charge in [-0.05, 0) is 6.07 Å². The number of rotatable bonds is 4. The van der Waals surface area contributed by atoms with Gasteiger partial charge in [0, 0.05) is 16.7 Å². The van der Waals surface area contributed by atoms with E-state index in [0.29, 0.717) is 28.7 Å². The van der Waals surface area contributed by atoms with Gasteiger partial charge in [0.15, 0.2) is 11.5 Å². The van der Waals surface area contributed by atoms with Gasteiger partial charge in [-0.1, -0.05) is 26.8 Å². The van der Waals surface area contributed by atoms with Gasteiger partial charge in [-0.3, -0.25) is 5.10 Å². The first-order valence-electron chi connectivity index (χ1n) is 8.73. The second kappa shape index (κ2) is 7.00. The van der Waals surface area contributed by atoms with E-state index in [1.807, 2.05) is 6.07 Å². The topological polar surface area (TPSA) is 115 Å². The molecule has 0 saturated carbocycles. The lowest BCUT2D eigenvalue weighted by Gasteiger charge is -2.29. The standard InChI is InChI=1S/C20H24N4O4/c1-20(2,3)17-14-13(11(9-21)18(22)28-19(14)24-23-17)10-7-8-12(25-4)16(27-6)15(10)26-5/h7-8,13H,22H2,1-6H3,(H,23,24)/t13-/m0/s1. The zero-order valence-electron chi connectivity index (χ0n) is 16.8. The van der Waals surface area contributed by atoms with Gasteiger partial charge < -0.3 is 24.7 Å². The van der Waals surface area contributed by atoms with E-state index in [0.717, 1.165) is 11.3 Å². The molecule has 0 spiro atoms. The van der Waals surface area contributed by atoms with Crippen LogP contribution in [0.25, 0.3) is 0 Å². The van der Waals surface area contributed by atoms with Crippen molar-refractivity contribution in [3.05, 3.63) is 40.4 Å². The highest BCUT2D eigenvalue weighted by atomic mass is 16.5. The van der Waals surface area contributed by atoms with Gasteiger partial charge in [-0.15, -0.1) is 5.10 Å². The third-order valence-electron chi connectivity index (χ3n) is 4.73. The van der Waals surface area contributed by atoms with Crippen molar-refractivity contribution in [3.63, 3.8) is 0 Å². The molecule has 0 radical (unpaired) electrons. The lowest BCUT2D eigenvalue weighted by atomic mass is 9.78. The van der Waals surface area contributed by atoms with Crippen molar-refractivity contribution in [2.45, 2.75) is 32.1 Å². The number of nitrogens with zero attached hydrogens (tertiary/aromatic N) is 2. The minimum Gasteiger partial charge on any atom is -0.493 e. The van der Waals surface area contributed by atoms with Gasteiger partial charge in [0.25, 0.3) is 0 Å². The van der Waals surface area contributed by atoms with Crippen LogP contribution in [0.15, 0.2) is 23.6 Å². The zero-order valence-corrected chi connectivity index (χ0v) is 16.8. The highest BCUT2D eigenvalue weighted by Crippen LogP contribution is 2.51. The van der Waals surface area contributed by atoms with Gasteiger partial charge in [0.2, 0.25) is 17.5 Å². The van der Waals surface area contributed by atoms with Crippen molar-refractivity contribution in [1.82, 2.24) is 10.2 Å². The summed E-state index contributed by atoms with van der Waals surface area (Å²) in [6.45, 7) is 6.16. The van der Waals surface area contributed by atoms with Crippen LogP contribution in [0.2, 0.25) is 0 Å². The zero-order chi connectivity index (χ0) is 20.6. The summed E-state index contributed by atoms with van der Waals surface area (Å²) in [7, 11) is 4.63. The fourth-order valence-corrected chi connectivity index (χ4v) is 3.48. The predicted octanol–water partition coefficient (Wildman–Crippen LogP) is 2.95. The molecule has 3 N–H and O–H groups in total. The van der Waals surface area contributed by atoms with Crippen LogP contribution >= 0.6 is 0 Å². The number of nitrogens with two attached hydrogens (primary N) is 1. The van der Waals surface area contributed by atoms with Gasteiger partial charge >= 0.3 is 0 Å². The summed E-state index contributed by atoms with van der Waals surface area (Å²) in [5.41, 5.74) is 8.38. The number of allylic oxidation sites excluding steroid dienone is 1. The van der Waals surface area contributed by atoms with Gasteiger partial charge in [-0.25, -0.2) is 0 Å². The summed E-state index contributed by atoms with van der Waals surface area (Å²) < 4.78 is 22.2. The molecule has 2 heterocycles. The summed E-state index contributed by atoms with van der Waals surface area (Å²) in [6, 6.07) is 5.80. The number of hydrogen-bond acceptors (Lipinski definition) is 7. The fourth-order valence-electron chi connectivity index (χ4n) is 3.48. The number of aromatic amines is 1. The molecule has 1 atom stereocenters. The Morgan fingerprint density at radius 3 is 2.36 bits per heavy atom. The van der Waals surface area contributed by atoms with E-state index in [2.05, 4.69) is 37.0 Å². The summed E-state index contributed by atoms with van der Waals surface area (Å²) in [5, 5.41) is 17.2. The molecule has 0 saturated heterocycles. The van der Waals surface area contributed by atoms with E-state index in [-0.39, 0.29) is 16.9 Å². The average Bonchev–Trinajstić information content (AvgIpc) is 3.09. The normalized spacial score (nSPS) is 16.1. The quantitative estimate of drug-likeness (QED) is 0.832. The van der Waals surface area contributed by atoms with Crippen molar-refractivity contribution in [3.8, 4) is 29.2 Å². The Balaban J connectivity index is 2.36. The van der Waals surface area contributed by atoms with Crippen LogP contribution in [0.4, 0.5) is 0 Å². The van der Waals surface area contributed by atoms with Crippen LogP contribution < -0.4 is 24.7 Å². The van der Waals surface area contributed by atoms with E-state index in [4.69, 9.17) is 24.7 Å². The number of fused-ring (bicyclic) bond motifs is 1. The van der Waals surface area contributed by atoms with E-state index >= 15 is 0 Å². The number of nitrogens with one attached hydrogen (secondary N) is 1. The molecule has 8 nitrogen and oxygen atoms in total. The number of nitriles is 1. The summed E-state index contributed by atoms with van der Waals surface area (Å²) >= 11 is 0.